The van der Waals surface area contributed by atoms with Crippen LogP contribution in [0.15, 0.2) is 94.6 Å². The van der Waals surface area contributed by atoms with Crippen LogP contribution in [0.25, 0.3) is 33.2 Å². The fourth-order valence-corrected chi connectivity index (χ4v) is 3.56. The van der Waals surface area contributed by atoms with Gasteiger partial charge >= 0.3 is 0 Å². The van der Waals surface area contributed by atoms with E-state index in [0.717, 1.165) is 21.9 Å². The highest BCUT2D eigenvalue weighted by molar-refractivity contribution is 6.31. The first-order chi connectivity index (χ1) is 15.2. The van der Waals surface area contributed by atoms with Gasteiger partial charge in [0.25, 0.3) is 0 Å². The number of benzene rings is 3. The molecule has 5 heteroatoms. The molecular formula is C26H15ClN2O2. The van der Waals surface area contributed by atoms with Crippen molar-refractivity contribution in [2.45, 2.75) is 0 Å². The first-order valence-corrected chi connectivity index (χ1v) is 9.97. The van der Waals surface area contributed by atoms with E-state index in [-0.39, 0.29) is 0 Å². The molecule has 0 unspecified atom stereocenters. The molecule has 31 heavy (non-hydrogen) atoms. The molecule has 5 aromatic rings. The van der Waals surface area contributed by atoms with E-state index in [1.807, 2.05) is 66.7 Å². The van der Waals surface area contributed by atoms with Crippen LogP contribution in [0.4, 0.5) is 0 Å². The zero-order valence-corrected chi connectivity index (χ0v) is 17.0. The Balaban J connectivity index is 1.63. The quantitative estimate of drug-likeness (QED) is 0.205. The van der Waals surface area contributed by atoms with Gasteiger partial charge < -0.3 is 9.62 Å². The molecule has 1 N–H and O–H groups in total. The van der Waals surface area contributed by atoms with Gasteiger partial charge in [0, 0.05) is 34.2 Å². The lowest BCUT2D eigenvalue weighted by Crippen LogP contribution is -2.04. The van der Waals surface area contributed by atoms with Crippen molar-refractivity contribution in [3.8, 4) is 23.3 Å². The molecule has 5 rings (SSSR count). The summed E-state index contributed by atoms with van der Waals surface area (Å²) >= 11 is 6.19. The minimum atomic E-state index is 0.400. The first-order valence-electron chi connectivity index (χ1n) is 9.59. The van der Waals surface area contributed by atoms with Crippen LogP contribution in [-0.4, -0.2) is 10.2 Å². The van der Waals surface area contributed by atoms with Crippen molar-refractivity contribution in [1.82, 2.24) is 4.98 Å². The molecule has 2 heterocycles. The molecule has 0 saturated heterocycles. The standard InChI is InChI=1S/C26H15ClN2O2/c27-22-8-4-3-5-18(22)11-9-17-10-12-21-23(29-30)15-26(31-25(21)13-17)24-14-19-6-1-2-7-20(19)16-28-24/h1-8,10,12-16,30H. The molecule has 0 saturated carbocycles. The Kier molecular flexibility index (Phi) is 4.87. The number of fused-ring (bicyclic) bond motifs is 2. The molecular weight excluding hydrogens is 408 g/mol. The number of rotatable bonds is 1. The smallest absolute Gasteiger partial charge is 0.155 e. The molecule has 3 aromatic carbocycles. The molecule has 0 spiro atoms. The normalized spacial score (nSPS) is 11.5. The first kappa shape index (κ1) is 18.9. The second kappa shape index (κ2) is 7.98. The van der Waals surface area contributed by atoms with Crippen molar-refractivity contribution in [3.63, 3.8) is 0 Å². The molecule has 0 aliphatic rings. The number of pyridine rings is 1. The van der Waals surface area contributed by atoms with Crippen LogP contribution in [-0.2, 0) is 0 Å². The van der Waals surface area contributed by atoms with Gasteiger partial charge in [0.15, 0.2) is 5.76 Å². The predicted octanol–water partition coefficient (Wildman–Crippen LogP) is 5.99. The molecule has 0 fully saturated rings. The van der Waals surface area contributed by atoms with Crippen LogP contribution in [0, 0.1) is 11.8 Å². The molecule has 2 aromatic heterocycles. The summed E-state index contributed by atoms with van der Waals surface area (Å²) in [5.41, 5.74) is 2.70. The maximum Gasteiger partial charge on any atom is 0.155 e. The van der Waals surface area contributed by atoms with E-state index < -0.39 is 0 Å². The Bertz CT molecular complexity index is 1580. The molecule has 4 nitrogen and oxygen atoms in total. The minimum Gasteiger partial charge on any atom is -0.454 e. The summed E-state index contributed by atoms with van der Waals surface area (Å²) in [5, 5.41) is 16.8. The largest absolute Gasteiger partial charge is 0.454 e. The number of nitrogens with zero attached hydrogens (tertiary/aromatic N) is 2. The van der Waals surface area contributed by atoms with E-state index in [2.05, 4.69) is 22.0 Å². The summed E-state index contributed by atoms with van der Waals surface area (Å²) in [6.45, 7) is 0. The number of hydrogen-bond donors (Lipinski definition) is 1. The van der Waals surface area contributed by atoms with Gasteiger partial charge in [-0.25, -0.2) is 0 Å². The lowest BCUT2D eigenvalue weighted by Gasteiger charge is -2.05. The minimum absolute atomic E-state index is 0.400. The van der Waals surface area contributed by atoms with Crippen molar-refractivity contribution in [2.24, 2.45) is 5.16 Å². The van der Waals surface area contributed by atoms with Crippen LogP contribution < -0.4 is 5.36 Å². The number of hydrogen-bond acceptors (Lipinski definition) is 4. The molecule has 0 amide bonds. The number of halogens is 1. The molecule has 0 aliphatic heterocycles. The van der Waals surface area contributed by atoms with E-state index in [1.165, 1.54) is 0 Å². The van der Waals surface area contributed by atoms with Gasteiger partial charge in [0.1, 0.15) is 16.6 Å². The zero-order valence-electron chi connectivity index (χ0n) is 16.2. The van der Waals surface area contributed by atoms with Crippen LogP contribution in [0.3, 0.4) is 0 Å². The molecule has 0 bridgehead atoms. The highest BCUT2D eigenvalue weighted by Crippen LogP contribution is 2.24. The second-order valence-corrected chi connectivity index (χ2v) is 7.36. The summed E-state index contributed by atoms with van der Waals surface area (Å²) < 4.78 is 6.13. The van der Waals surface area contributed by atoms with Gasteiger partial charge in [0.05, 0.1) is 5.02 Å². The van der Waals surface area contributed by atoms with Gasteiger partial charge in [-0.05, 0) is 41.8 Å². The lowest BCUT2D eigenvalue weighted by atomic mass is 10.1. The van der Waals surface area contributed by atoms with E-state index in [4.69, 9.17) is 16.0 Å². The van der Waals surface area contributed by atoms with Gasteiger partial charge in [-0.1, -0.05) is 65.0 Å². The lowest BCUT2D eigenvalue weighted by molar-refractivity contribution is 0.302. The van der Waals surface area contributed by atoms with Crippen LogP contribution in [0.2, 0.25) is 5.02 Å². The van der Waals surface area contributed by atoms with E-state index in [0.29, 0.717) is 32.8 Å². The highest BCUT2D eigenvalue weighted by atomic mass is 35.5. The monoisotopic (exact) mass is 422 g/mol. The third kappa shape index (κ3) is 3.75. The average molecular weight is 423 g/mol. The maximum absolute atomic E-state index is 9.55. The van der Waals surface area contributed by atoms with E-state index >= 15 is 0 Å². The fraction of sp³-hybridized carbons (Fsp3) is 0. The highest BCUT2D eigenvalue weighted by Gasteiger charge is 2.09. The van der Waals surface area contributed by atoms with E-state index in [9.17, 15) is 5.21 Å². The Morgan fingerprint density at radius 1 is 0.871 bits per heavy atom. The summed E-state index contributed by atoms with van der Waals surface area (Å²) in [6, 6.07) is 24.5. The SMILES string of the molecule is ON=c1cc(-c2cc3ccccc3cn2)oc2cc(C#Cc3ccccc3Cl)ccc12. The molecule has 0 aliphatic carbocycles. The van der Waals surface area contributed by atoms with Gasteiger partial charge in [-0.2, -0.15) is 0 Å². The topological polar surface area (TPSA) is 58.6 Å². The van der Waals surface area contributed by atoms with E-state index in [1.54, 1.807) is 18.3 Å². The third-order valence-electron chi connectivity index (χ3n) is 4.95. The van der Waals surface area contributed by atoms with Crippen molar-refractivity contribution < 1.29 is 9.62 Å². The Morgan fingerprint density at radius 2 is 1.68 bits per heavy atom. The third-order valence-corrected chi connectivity index (χ3v) is 5.28. The molecule has 0 radical (unpaired) electrons. The summed E-state index contributed by atoms with van der Waals surface area (Å²) in [5.74, 6) is 6.69. The summed E-state index contributed by atoms with van der Waals surface area (Å²) in [7, 11) is 0. The fourth-order valence-electron chi connectivity index (χ4n) is 3.38. The molecule has 0 atom stereocenters. The van der Waals surface area contributed by atoms with Crippen molar-refractivity contribution in [2.75, 3.05) is 0 Å². The number of aromatic nitrogens is 1. The summed E-state index contributed by atoms with van der Waals surface area (Å²) in [4.78, 5) is 4.51. The van der Waals surface area contributed by atoms with Crippen LogP contribution >= 0.6 is 11.6 Å². The average Bonchev–Trinajstić information content (AvgIpc) is 2.82. The maximum atomic E-state index is 9.55. The second-order valence-electron chi connectivity index (χ2n) is 6.95. The Labute approximate surface area is 183 Å². The van der Waals surface area contributed by atoms with Crippen molar-refractivity contribution >= 4 is 33.3 Å². The van der Waals surface area contributed by atoms with Gasteiger partial charge in [-0.3, -0.25) is 4.98 Å². The Hall–Kier alpha value is -4.07. The Morgan fingerprint density at radius 3 is 2.52 bits per heavy atom. The predicted molar refractivity (Wildman–Crippen MR) is 122 cm³/mol. The van der Waals surface area contributed by atoms with Crippen molar-refractivity contribution in [3.05, 3.63) is 107 Å². The van der Waals surface area contributed by atoms with Crippen molar-refractivity contribution in [1.29, 1.82) is 0 Å². The van der Waals surface area contributed by atoms with Gasteiger partial charge in [0.2, 0.25) is 0 Å². The zero-order chi connectivity index (χ0) is 21.2. The van der Waals surface area contributed by atoms with Gasteiger partial charge in [-0.15, -0.1) is 0 Å². The molecule has 148 valence electrons. The van der Waals surface area contributed by atoms with Crippen LogP contribution in [0.5, 0.6) is 0 Å². The van der Waals surface area contributed by atoms with Crippen LogP contribution in [0.1, 0.15) is 11.1 Å². The summed E-state index contributed by atoms with van der Waals surface area (Å²) in [6.07, 6.45) is 1.80.